The number of ether oxygens (including phenoxy) is 1. The van der Waals surface area contributed by atoms with E-state index in [1.54, 1.807) is 6.92 Å². The molecule has 3 atom stereocenters. The maximum absolute atomic E-state index is 11.2. The number of hydrogen-bond acceptors (Lipinski definition) is 4. The van der Waals surface area contributed by atoms with Gasteiger partial charge >= 0.3 is 5.97 Å². The van der Waals surface area contributed by atoms with Crippen molar-refractivity contribution >= 4 is 17.7 Å². The Kier molecular flexibility index (Phi) is 5.76. The largest absolute Gasteiger partial charge is 0.480 e. The molecule has 0 spiro atoms. The lowest BCUT2D eigenvalue weighted by atomic mass is 9.99. The van der Waals surface area contributed by atoms with Gasteiger partial charge in [-0.2, -0.15) is 11.8 Å². The SMILES string of the molecule is CCNC(C)(CCSC1CCOC1C)C(=O)O. The van der Waals surface area contributed by atoms with Crippen LogP contribution in [0.3, 0.4) is 0 Å². The Morgan fingerprint density at radius 1 is 1.65 bits per heavy atom. The zero-order valence-corrected chi connectivity index (χ0v) is 11.7. The first-order valence-corrected chi connectivity index (χ1v) is 7.26. The van der Waals surface area contributed by atoms with Crippen LogP contribution in [0.5, 0.6) is 0 Å². The number of nitrogens with one attached hydrogen (secondary N) is 1. The van der Waals surface area contributed by atoms with Crippen molar-refractivity contribution < 1.29 is 14.6 Å². The number of carbonyl (C=O) groups is 1. The molecule has 0 saturated carbocycles. The van der Waals surface area contributed by atoms with Crippen molar-refractivity contribution in [1.29, 1.82) is 0 Å². The van der Waals surface area contributed by atoms with Crippen LogP contribution < -0.4 is 5.32 Å². The summed E-state index contributed by atoms with van der Waals surface area (Å²) in [6.07, 6.45) is 2.02. The zero-order valence-electron chi connectivity index (χ0n) is 10.9. The summed E-state index contributed by atoms with van der Waals surface area (Å²) in [5.41, 5.74) is -0.801. The maximum Gasteiger partial charge on any atom is 0.323 e. The third kappa shape index (κ3) is 4.16. The van der Waals surface area contributed by atoms with Crippen LogP contribution in [0, 0.1) is 0 Å². The van der Waals surface area contributed by atoms with Crippen LogP contribution in [-0.2, 0) is 9.53 Å². The van der Waals surface area contributed by atoms with Gasteiger partial charge in [0.2, 0.25) is 0 Å². The summed E-state index contributed by atoms with van der Waals surface area (Å²) in [5, 5.41) is 12.8. The van der Waals surface area contributed by atoms with Crippen LogP contribution in [0.2, 0.25) is 0 Å². The smallest absolute Gasteiger partial charge is 0.323 e. The Labute approximate surface area is 107 Å². The van der Waals surface area contributed by atoms with E-state index >= 15 is 0 Å². The molecule has 2 N–H and O–H groups in total. The number of hydrogen-bond donors (Lipinski definition) is 2. The van der Waals surface area contributed by atoms with Crippen molar-refractivity contribution in [1.82, 2.24) is 5.32 Å². The van der Waals surface area contributed by atoms with Gasteiger partial charge in [-0.15, -0.1) is 0 Å². The third-order valence-electron chi connectivity index (χ3n) is 3.28. The number of carboxylic acids is 1. The van der Waals surface area contributed by atoms with E-state index in [1.807, 2.05) is 18.7 Å². The molecule has 0 aromatic carbocycles. The molecule has 1 saturated heterocycles. The van der Waals surface area contributed by atoms with Crippen molar-refractivity contribution in [3.8, 4) is 0 Å². The molecule has 17 heavy (non-hydrogen) atoms. The minimum absolute atomic E-state index is 0.301. The Morgan fingerprint density at radius 2 is 2.35 bits per heavy atom. The van der Waals surface area contributed by atoms with Gasteiger partial charge in [0.1, 0.15) is 5.54 Å². The lowest BCUT2D eigenvalue weighted by Gasteiger charge is -2.26. The number of likely N-dealkylation sites (N-methyl/N-ethyl adjacent to an activating group) is 1. The molecule has 1 heterocycles. The van der Waals surface area contributed by atoms with Crippen molar-refractivity contribution in [3.05, 3.63) is 0 Å². The number of aliphatic carboxylic acids is 1. The molecule has 100 valence electrons. The number of thioether (sulfide) groups is 1. The van der Waals surface area contributed by atoms with Gasteiger partial charge in [-0.05, 0) is 39.0 Å². The van der Waals surface area contributed by atoms with Gasteiger partial charge in [-0.1, -0.05) is 6.92 Å². The Bertz CT molecular complexity index is 262. The molecule has 0 aromatic heterocycles. The van der Waals surface area contributed by atoms with E-state index in [0.29, 0.717) is 24.3 Å². The highest BCUT2D eigenvalue weighted by atomic mass is 32.2. The van der Waals surface area contributed by atoms with Crippen LogP contribution >= 0.6 is 11.8 Å². The normalized spacial score (nSPS) is 27.9. The summed E-state index contributed by atoms with van der Waals surface area (Å²) in [7, 11) is 0. The molecule has 0 aliphatic carbocycles. The molecule has 1 fully saturated rings. The summed E-state index contributed by atoms with van der Waals surface area (Å²) in [5.74, 6) is 0.0874. The van der Waals surface area contributed by atoms with E-state index in [2.05, 4.69) is 12.2 Å². The highest BCUT2D eigenvalue weighted by molar-refractivity contribution is 7.99. The van der Waals surface area contributed by atoms with Gasteiger partial charge in [0, 0.05) is 11.9 Å². The van der Waals surface area contributed by atoms with Gasteiger partial charge in [-0.3, -0.25) is 4.79 Å². The summed E-state index contributed by atoms with van der Waals surface area (Å²) in [4.78, 5) is 11.2. The molecule has 1 aliphatic rings. The van der Waals surface area contributed by atoms with Crippen LogP contribution in [-0.4, -0.2) is 46.9 Å². The molecule has 0 radical (unpaired) electrons. The Balaban J connectivity index is 2.34. The first-order chi connectivity index (χ1) is 7.99. The minimum atomic E-state index is -0.801. The molecule has 1 aliphatic heterocycles. The quantitative estimate of drug-likeness (QED) is 0.731. The molecule has 3 unspecified atom stereocenters. The average molecular weight is 261 g/mol. The molecular weight excluding hydrogens is 238 g/mol. The van der Waals surface area contributed by atoms with E-state index in [0.717, 1.165) is 18.8 Å². The second-order valence-corrected chi connectivity index (χ2v) is 6.04. The van der Waals surface area contributed by atoms with Gasteiger partial charge in [0.25, 0.3) is 0 Å². The second-order valence-electron chi connectivity index (χ2n) is 4.69. The number of carboxylic acid groups (broad SMARTS) is 1. The van der Waals surface area contributed by atoms with Crippen LogP contribution in [0.4, 0.5) is 0 Å². The van der Waals surface area contributed by atoms with E-state index < -0.39 is 11.5 Å². The summed E-state index contributed by atoms with van der Waals surface area (Å²) >= 11 is 1.83. The molecule has 0 bridgehead atoms. The highest BCUT2D eigenvalue weighted by Crippen LogP contribution is 2.28. The van der Waals surface area contributed by atoms with Gasteiger partial charge in [0.05, 0.1) is 6.10 Å². The maximum atomic E-state index is 11.2. The topological polar surface area (TPSA) is 58.6 Å². The first-order valence-electron chi connectivity index (χ1n) is 6.21. The monoisotopic (exact) mass is 261 g/mol. The van der Waals surface area contributed by atoms with E-state index in [4.69, 9.17) is 4.74 Å². The van der Waals surface area contributed by atoms with E-state index in [9.17, 15) is 9.90 Å². The third-order valence-corrected chi connectivity index (χ3v) is 4.77. The lowest BCUT2D eigenvalue weighted by molar-refractivity contribution is -0.144. The predicted octanol–water partition coefficient (Wildman–Crippen LogP) is 1.74. The average Bonchev–Trinajstić information content (AvgIpc) is 2.65. The van der Waals surface area contributed by atoms with E-state index in [1.165, 1.54) is 0 Å². The van der Waals surface area contributed by atoms with Crippen LogP contribution in [0.1, 0.15) is 33.6 Å². The number of rotatable bonds is 7. The molecule has 4 nitrogen and oxygen atoms in total. The fraction of sp³-hybridized carbons (Fsp3) is 0.917. The highest BCUT2D eigenvalue weighted by Gasteiger charge is 2.32. The molecule has 0 aromatic rings. The first kappa shape index (κ1) is 14.8. The summed E-state index contributed by atoms with van der Waals surface area (Å²) in [6.45, 7) is 7.29. The molecule has 5 heteroatoms. The van der Waals surface area contributed by atoms with Gasteiger partial charge in [-0.25, -0.2) is 0 Å². The van der Waals surface area contributed by atoms with Crippen molar-refractivity contribution in [2.45, 2.75) is 50.5 Å². The summed E-state index contributed by atoms with van der Waals surface area (Å²) < 4.78 is 5.49. The predicted molar refractivity (Wildman–Crippen MR) is 70.6 cm³/mol. The minimum Gasteiger partial charge on any atom is -0.480 e. The molecule has 0 amide bonds. The molecule has 1 rings (SSSR count). The van der Waals surface area contributed by atoms with Gasteiger partial charge in [0.15, 0.2) is 0 Å². The van der Waals surface area contributed by atoms with Crippen LogP contribution in [0.25, 0.3) is 0 Å². The Morgan fingerprint density at radius 3 is 2.82 bits per heavy atom. The van der Waals surface area contributed by atoms with Crippen molar-refractivity contribution in [2.75, 3.05) is 18.9 Å². The van der Waals surface area contributed by atoms with Crippen molar-refractivity contribution in [2.24, 2.45) is 0 Å². The van der Waals surface area contributed by atoms with E-state index in [-0.39, 0.29) is 0 Å². The summed E-state index contributed by atoms with van der Waals surface area (Å²) in [6, 6.07) is 0. The molecular formula is C12H23NO3S. The lowest BCUT2D eigenvalue weighted by Crippen LogP contribution is -2.49. The van der Waals surface area contributed by atoms with Crippen LogP contribution in [0.15, 0.2) is 0 Å². The standard InChI is InChI=1S/C12H23NO3S/c1-4-13-12(3,11(14)15)6-8-17-10-5-7-16-9(10)2/h9-10,13H,4-8H2,1-3H3,(H,14,15). The zero-order chi connectivity index (χ0) is 12.9. The Hall–Kier alpha value is -0.260. The fourth-order valence-corrected chi connectivity index (χ4v) is 3.45. The van der Waals surface area contributed by atoms with Gasteiger partial charge < -0.3 is 15.2 Å². The van der Waals surface area contributed by atoms with Crippen molar-refractivity contribution in [3.63, 3.8) is 0 Å². The second kappa shape index (κ2) is 6.61. The fourth-order valence-electron chi connectivity index (χ4n) is 2.01.